The van der Waals surface area contributed by atoms with Gasteiger partial charge in [0.05, 0.1) is 31.9 Å². The van der Waals surface area contributed by atoms with Crippen LogP contribution >= 0.6 is 0 Å². The lowest BCUT2D eigenvalue weighted by Gasteiger charge is -2.27. The van der Waals surface area contributed by atoms with Gasteiger partial charge >= 0.3 is 0 Å². The lowest BCUT2D eigenvalue weighted by molar-refractivity contribution is -0.139. The minimum absolute atomic E-state index is 0.00237. The quantitative estimate of drug-likeness (QED) is 0.317. The van der Waals surface area contributed by atoms with Crippen LogP contribution in [0.15, 0.2) is 42.0 Å². The molecular formula is C27H33NO6. The molecule has 1 saturated heterocycles. The maximum absolute atomic E-state index is 13.2. The molecule has 1 atom stereocenters. The molecule has 0 saturated carbocycles. The number of carbonyl (C=O) groups is 2. The van der Waals surface area contributed by atoms with Crippen LogP contribution in [0, 0.1) is 6.92 Å². The standard InChI is InChI=1S/C27H33NO6/c1-7-8-14-28-23(19-10-9-11-21(32-5)26(19)33-6)22(25(30)27(28)31)24(29)18-12-13-20(17(4)15-18)34-16(2)3/h9-13,15-16,23,29H,7-8,14H2,1-6H3/b24-22+. The van der Waals surface area contributed by atoms with Gasteiger partial charge in [-0.05, 0) is 57.0 Å². The van der Waals surface area contributed by atoms with Crippen molar-refractivity contribution in [2.24, 2.45) is 0 Å². The molecule has 1 N–H and O–H groups in total. The lowest BCUT2D eigenvalue weighted by atomic mass is 9.93. The fourth-order valence-corrected chi connectivity index (χ4v) is 4.23. The minimum atomic E-state index is -0.802. The lowest BCUT2D eigenvalue weighted by Crippen LogP contribution is -2.30. The number of methoxy groups -OCH3 is 2. The summed E-state index contributed by atoms with van der Waals surface area (Å²) in [5, 5.41) is 11.3. The molecule has 0 bridgehead atoms. The van der Waals surface area contributed by atoms with E-state index >= 15 is 0 Å². The number of unbranched alkanes of at least 4 members (excludes halogenated alkanes) is 1. The maximum Gasteiger partial charge on any atom is 0.295 e. The van der Waals surface area contributed by atoms with Crippen LogP contribution in [0.4, 0.5) is 0 Å². The van der Waals surface area contributed by atoms with Crippen molar-refractivity contribution in [2.45, 2.75) is 52.7 Å². The summed E-state index contributed by atoms with van der Waals surface area (Å²) in [7, 11) is 3.04. The highest BCUT2D eigenvalue weighted by molar-refractivity contribution is 6.46. The fraction of sp³-hybridized carbons (Fsp3) is 0.407. The van der Waals surface area contributed by atoms with E-state index in [9.17, 15) is 14.7 Å². The summed E-state index contributed by atoms with van der Waals surface area (Å²) in [6.45, 7) is 8.14. The molecule has 1 unspecified atom stereocenters. The van der Waals surface area contributed by atoms with Crippen molar-refractivity contribution in [1.82, 2.24) is 4.90 Å². The summed E-state index contributed by atoms with van der Waals surface area (Å²) in [6, 6.07) is 9.72. The number of aliphatic hydroxyl groups excluding tert-OH is 1. The smallest absolute Gasteiger partial charge is 0.295 e. The highest BCUT2D eigenvalue weighted by Gasteiger charge is 2.47. The molecule has 1 amide bonds. The molecule has 0 aliphatic carbocycles. The Morgan fingerprint density at radius 1 is 1.09 bits per heavy atom. The van der Waals surface area contributed by atoms with Gasteiger partial charge in [0.2, 0.25) is 0 Å². The minimum Gasteiger partial charge on any atom is -0.507 e. The SMILES string of the molecule is CCCCN1C(=O)C(=O)/C(=C(/O)c2ccc(OC(C)C)c(C)c2)C1c1cccc(OC)c1OC. The van der Waals surface area contributed by atoms with Gasteiger partial charge in [0.1, 0.15) is 11.5 Å². The van der Waals surface area contributed by atoms with Gasteiger partial charge in [-0.1, -0.05) is 25.5 Å². The fourth-order valence-electron chi connectivity index (χ4n) is 4.23. The molecule has 7 nitrogen and oxygen atoms in total. The number of nitrogens with zero attached hydrogens (tertiary/aromatic N) is 1. The average molecular weight is 468 g/mol. The Hall–Kier alpha value is -3.48. The predicted octanol–water partition coefficient (Wildman–Crippen LogP) is 5.02. The molecule has 1 heterocycles. The number of aliphatic hydroxyl groups is 1. The number of carbonyl (C=O) groups excluding carboxylic acids is 2. The number of aryl methyl sites for hydroxylation is 1. The van der Waals surface area contributed by atoms with E-state index in [0.717, 1.165) is 18.4 Å². The van der Waals surface area contributed by atoms with Gasteiger partial charge in [-0.2, -0.15) is 0 Å². The van der Waals surface area contributed by atoms with Crippen LogP contribution in [0.3, 0.4) is 0 Å². The molecule has 0 spiro atoms. The molecular weight excluding hydrogens is 434 g/mol. The van der Waals surface area contributed by atoms with Gasteiger partial charge < -0.3 is 24.2 Å². The van der Waals surface area contributed by atoms with E-state index in [-0.39, 0.29) is 17.4 Å². The predicted molar refractivity (Wildman–Crippen MR) is 130 cm³/mol. The van der Waals surface area contributed by atoms with Gasteiger partial charge in [0.15, 0.2) is 11.5 Å². The van der Waals surface area contributed by atoms with Gasteiger partial charge in [-0.25, -0.2) is 0 Å². The van der Waals surface area contributed by atoms with Crippen molar-refractivity contribution in [3.63, 3.8) is 0 Å². The molecule has 0 radical (unpaired) electrons. The van der Waals surface area contributed by atoms with Crippen LogP contribution < -0.4 is 14.2 Å². The first-order valence-corrected chi connectivity index (χ1v) is 11.5. The third-order valence-electron chi connectivity index (χ3n) is 5.83. The molecule has 182 valence electrons. The molecule has 1 aliphatic rings. The van der Waals surface area contributed by atoms with E-state index in [4.69, 9.17) is 14.2 Å². The number of hydrogen-bond acceptors (Lipinski definition) is 6. The molecule has 7 heteroatoms. The second-order valence-electron chi connectivity index (χ2n) is 8.58. The largest absolute Gasteiger partial charge is 0.507 e. The number of likely N-dealkylation sites (tertiary alicyclic amines) is 1. The summed E-state index contributed by atoms with van der Waals surface area (Å²) in [4.78, 5) is 27.8. The number of amides is 1. The van der Waals surface area contributed by atoms with E-state index in [1.54, 1.807) is 36.4 Å². The first-order valence-electron chi connectivity index (χ1n) is 11.5. The first kappa shape index (κ1) is 25.1. The monoisotopic (exact) mass is 467 g/mol. The maximum atomic E-state index is 13.2. The van der Waals surface area contributed by atoms with Crippen LogP contribution in [0.2, 0.25) is 0 Å². The number of rotatable bonds is 9. The van der Waals surface area contributed by atoms with Gasteiger partial charge in [0.25, 0.3) is 11.7 Å². The third-order valence-corrected chi connectivity index (χ3v) is 5.83. The van der Waals surface area contributed by atoms with E-state index in [1.807, 2.05) is 27.7 Å². The first-order chi connectivity index (χ1) is 16.2. The zero-order valence-corrected chi connectivity index (χ0v) is 20.7. The number of ether oxygens (including phenoxy) is 3. The summed E-state index contributed by atoms with van der Waals surface area (Å²) < 4.78 is 16.8. The Bertz CT molecular complexity index is 1100. The van der Waals surface area contributed by atoms with E-state index in [2.05, 4.69) is 0 Å². The van der Waals surface area contributed by atoms with Gasteiger partial charge in [-0.3, -0.25) is 9.59 Å². The van der Waals surface area contributed by atoms with Crippen LogP contribution in [-0.2, 0) is 9.59 Å². The summed E-state index contributed by atoms with van der Waals surface area (Å²) >= 11 is 0. The van der Waals surface area contributed by atoms with Crippen molar-refractivity contribution in [2.75, 3.05) is 20.8 Å². The van der Waals surface area contributed by atoms with Crippen LogP contribution in [0.5, 0.6) is 17.2 Å². The molecule has 34 heavy (non-hydrogen) atoms. The van der Waals surface area contributed by atoms with E-state index in [0.29, 0.717) is 34.9 Å². The Balaban J connectivity index is 2.21. The topological polar surface area (TPSA) is 85.3 Å². The van der Waals surface area contributed by atoms with Crippen molar-refractivity contribution < 1.29 is 28.9 Å². The number of para-hydroxylation sites is 1. The van der Waals surface area contributed by atoms with Crippen molar-refractivity contribution in [3.05, 3.63) is 58.7 Å². The number of ketones is 1. The van der Waals surface area contributed by atoms with Crippen LogP contribution in [0.25, 0.3) is 5.76 Å². The van der Waals surface area contributed by atoms with E-state index < -0.39 is 17.7 Å². The highest BCUT2D eigenvalue weighted by Crippen LogP contribution is 2.45. The Morgan fingerprint density at radius 3 is 2.41 bits per heavy atom. The molecule has 3 rings (SSSR count). The number of Topliss-reactive ketones (excluding diaryl/α,β-unsaturated/α-hetero) is 1. The Kier molecular flexibility index (Phi) is 7.87. The summed E-state index contributed by atoms with van der Waals surface area (Å²) in [6.07, 6.45) is 1.57. The summed E-state index contributed by atoms with van der Waals surface area (Å²) in [5.74, 6) is 0.00523. The van der Waals surface area contributed by atoms with E-state index in [1.165, 1.54) is 19.1 Å². The second kappa shape index (κ2) is 10.6. The van der Waals surface area contributed by atoms with Crippen molar-refractivity contribution in [3.8, 4) is 17.2 Å². The van der Waals surface area contributed by atoms with Gasteiger partial charge in [-0.15, -0.1) is 0 Å². The molecule has 1 aliphatic heterocycles. The third kappa shape index (κ3) is 4.74. The Labute approximate surface area is 200 Å². The van der Waals surface area contributed by atoms with Crippen molar-refractivity contribution >= 4 is 17.4 Å². The Morgan fingerprint density at radius 2 is 1.82 bits per heavy atom. The van der Waals surface area contributed by atoms with Crippen LogP contribution in [-0.4, -0.2) is 48.6 Å². The molecule has 2 aromatic carbocycles. The zero-order valence-electron chi connectivity index (χ0n) is 20.7. The zero-order chi connectivity index (χ0) is 25.0. The highest BCUT2D eigenvalue weighted by atomic mass is 16.5. The molecule has 1 fully saturated rings. The molecule has 2 aromatic rings. The van der Waals surface area contributed by atoms with Crippen molar-refractivity contribution in [1.29, 1.82) is 0 Å². The molecule has 0 aromatic heterocycles. The summed E-state index contributed by atoms with van der Waals surface area (Å²) in [5.41, 5.74) is 1.86. The average Bonchev–Trinajstić information content (AvgIpc) is 3.07. The second-order valence-corrected chi connectivity index (χ2v) is 8.58. The van der Waals surface area contributed by atoms with Gasteiger partial charge in [0, 0.05) is 17.7 Å². The number of hydrogen-bond donors (Lipinski definition) is 1. The normalized spacial score (nSPS) is 17.4. The number of benzene rings is 2. The van der Waals surface area contributed by atoms with Crippen LogP contribution in [0.1, 0.15) is 56.3 Å².